The smallest absolute Gasteiger partial charge is 0.207 e. The van der Waals surface area contributed by atoms with E-state index in [0.29, 0.717) is 47.6 Å². The number of carbonyl (C=O) groups is 1. The Bertz CT molecular complexity index is 1050. The SMILES string of the molecule is COc1ccc(/C(S)=C(/C=C/CC(N)CCCNC=O)c2ccc(C#N)c(F)c2)c(F)c1. The summed E-state index contributed by atoms with van der Waals surface area (Å²) in [6.45, 7) is 0.550. The number of hydrogen-bond acceptors (Lipinski definition) is 5. The van der Waals surface area contributed by atoms with Crippen molar-refractivity contribution in [3.8, 4) is 11.8 Å². The molecule has 0 aromatic heterocycles. The van der Waals surface area contributed by atoms with Gasteiger partial charge >= 0.3 is 0 Å². The highest BCUT2D eigenvalue weighted by atomic mass is 32.1. The Balaban J connectivity index is 2.37. The summed E-state index contributed by atoms with van der Waals surface area (Å²) in [7, 11) is 1.44. The first-order valence-electron chi connectivity index (χ1n) is 9.97. The number of nitrogens with zero attached hydrogens (tertiary/aromatic N) is 1. The lowest BCUT2D eigenvalue weighted by Crippen LogP contribution is -2.21. The van der Waals surface area contributed by atoms with Crippen LogP contribution in [0, 0.1) is 23.0 Å². The number of nitrogens with one attached hydrogen (secondary N) is 1. The van der Waals surface area contributed by atoms with Crippen molar-refractivity contribution in [2.45, 2.75) is 25.3 Å². The quantitative estimate of drug-likeness (QED) is 0.153. The number of ether oxygens (including phenoxy) is 1. The molecule has 0 aliphatic rings. The van der Waals surface area contributed by atoms with Gasteiger partial charge in [-0.2, -0.15) is 5.26 Å². The molecule has 0 aliphatic carbocycles. The molecule has 0 aliphatic heterocycles. The zero-order valence-corrected chi connectivity index (χ0v) is 18.5. The lowest BCUT2D eigenvalue weighted by Gasteiger charge is -2.12. The van der Waals surface area contributed by atoms with Crippen LogP contribution >= 0.6 is 12.6 Å². The van der Waals surface area contributed by atoms with Gasteiger partial charge in [-0.25, -0.2) is 8.78 Å². The number of halogens is 2. The number of benzene rings is 2. The number of rotatable bonds is 11. The van der Waals surface area contributed by atoms with Crippen molar-refractivity contribution in [1.82, 2.24) is 5.32 Å². The van der Waals surface area contributed by atoms with Gasteiger partial charge in [-0.3, -0.25) is 4.79 Å². The van der Waals surface area contributed by atoms with Crippen molar-refractivity contribution in [3.63, 3.8) is 0 Å². The molecule has 0 fully saturated rings. The predicted octanol–water partition coefficient (Wildman–Crippen LogP) is 4.44. The topological polar surface area (TPSA) is 88.1 Å². The average Bonchev–Trinajstić information content (AvgIpc) is 2.79. The van der Waals surface area contributed by atoms with E-state index in [2.05, 4.69) is 17.9 Å². The minimum atomic E-state index is -0.674. The average molecular weight is 458 g/mol. The molecular weight excluding hydrogens is 432 g/mol. The van der Waals surface area contributed by atoms with Gasteiger partial charge in [0.25, 0.3) is 0 Å². The molecule has 0 spiro atoms. The minimum absolute atomic E-state index is 0.0839. The van der Waals surface area contributed by atoms with Gasteiger partial charge in [-0.1, -0.05) is 18.2 Å². The van der Waals surface area contributed by atoms with Crippen LogP contribution < -0.4 is 15.8 Å². The van der Waals surface area contributed by atoms with E-state index >= 15 is 0 Å². The van der Waals surface area contributed by atoms with Crippen LogP contribution in [-0.4, -0.2) is 26.1 Å². The van der Waals surface area contributed by atoms with Gasteiger partial charge in [-0.15, -0.1) is 12.6 Å². The first kappa shape index (κ1) is 25.1. The third-order valence-corrected chi connectivity index (χ3v) is 5.27. The molecule has 8 heteroatoms. The number of nitriles is 1. The summed E-state index contributed by atoms with van der Waals surface area (Å²) < 4.78 is 34.0. The van der Waals surface area contributed by atoms with Crippen molar-refractivity contribution in [1.29, 1.82) is 5.26 Å². The van der Waals surface area contributed by atoms with Crippen molar-refractivity contribution < 1.29 is 18.3 Å². The number of amides is 1. The highest BCUT2D eigenvalue weighted by molar-refractivity contribution is 7.90. The highest BCUT2D eigenvalue weighted by Gasteiger charge is 2.14. The summed E-state index contributed by atoms with van der Waals surface area (Å²) >= 11 is 4.53. The monoisotopic (exact) mass is 457 g/mol. The van der Waals surface area contributed by atoms with Gasteiger partial charge in [0.15, 0.2) is 0 Å². The third-order valence-electron chi connectivity index (χ3n) is 4.79. The molecule has 0 heterocycles. The molecule has 0 radical (unpaired) electrons. The largest absolute Gasteiger partial charge is 0.497 e. The maximum absolute atomic E-state index is 14.7. The summed E-state index contributed by atoms with van der Waals surface area (Å²) in [4.78, 5) is 10.6. The van der Waals surface area contributed by atoms with Crippen molar-refractivity contribution in [2.24, 2.45) is 5.73 Å². The van der Waals surface area contributed by atoms with Crippen LogP contribution in [-0.2, 0) is 4.79 Å². The van der Waals surface area contributed by atoms with E-state index in [9.17, 15) is 13.6 Å². The standard InChI is InChI=1S/C24H25F2N3O2S/c1-31-19-9-10-21(23(26)13-19)24(32)20(16-7-8-17(14-27)22(25)12-16)6-2-4-18(28)5-3-11-29-15-30/h2,6-10,12-13,15,18,32H,3-5,11,28H2,1H3,(H,29,30)/b6-2+,24-20+. The zero-order chi connectivity index (χ0) is 23.5. The molecular formula is C24H25F2N3O2S. The molecule has 0 saturated heterocycles. The molecule has 3 N–H and O–H groups in total. The number of methoxy groups -OCH3 is 1. The number of thiol groups is 1. The molecule has 168 valence electrons. The van der Waals surface area contributed by atoms with Crippen LogP contribution in [0.2, 0.25) is 0 Å². The molecule has 32 heavy (non-hydrogen) atoms. The summed E-state index contributed by atoms with van der Waals surface area (Å²) in [6.07, 6.45) is 6.15. The van der Waals surface area contributed by atoms with Crippen LogP contribution in [0.4, 0.5) is 8.78 Å². The summed E-state index contributed by atoms with van der Waals surface area (Å²) in [5.41, 5.74) is 7.18. The first-order chi connectivity index (χ1) is 15.4. The van der Waals surface area contributed by atoms with E-state index in [1.807, 2.05) is 6.08 Å². The van der Waals surface area contributed by atoms with Crippen LogP contribution in [0.25, 0.3) is 10.5 Å². The summed E-state index contributed by atoms with van der Waals surface area (Å²) in [5.74, 6) is -0.843. The highest BCUT2D eigenvalue weighted by Crippen LogP contribution is 2.34. The van der Waals surface area contributed by atoms with E-state index in [1.54, 1.807) is 24.3 Å². The van der Waals surface area contributed by atoms with E-state index in [4.69, 9.17) is 15.7 Å². The van der Waals surface area contributed by atoms with Gasteiger partial charge in [0.1, 0.15) is 23.5 Å². The molecule has 0 bridgehead atoms. The normalized spacial score (nSPS) is 12.8. The van der Waals surface area contributed by atoms with Gasteiger partial charge in [0.2, 0.25) is 6.41 Å². The fourth-order valence-corrected chi connectivity index (χ4v) is 3.43. The van der Waals surface area contributed by atoms with Crippen LogP contribution in [0.5, 0.6) is 5.75 Å². The molecule has 1 amide bonds. The molecule has 1 unspecified atom stereocenters. The Morgan fingerprint density at radius 3 is 2.69 bits per heavy atom. The molecule has 5 nitrogen and oxygen atoms in total. The summed E-state index contributed by atoms with van der Waals surface area (Å²) in [5, 5.41) is 11.6. The van der Waals surface area contributed by atoms with Crippen molar-refractivity contribution in [2.75, 3.05) is 13.7 Å². The Kier molecular flexibility index (Phi) is 9.92. The van der Waals surface area contributed by atoms with Gasteiger partial charge in [-0.05, 0) is 54.7 Å². The second-order valence-electron chi connectivity index (χ2n) is 7.03. The number of hydrogen-bond donors (Lipinski definition) is 3. The number of allylic oxidation sites excluding steroid dienone is 2. The van der Waals surface area contributed by atoms with Gasteiger partial charge in [0, 0.05) is 29.1 Å². The number of nitrogens with two attached hydrogens (primary N) is 1. The fraction of sp³-hybridized carbons (Fsp3) is 0.250. The van der Waals surface area contributed by atoms with E-state index in [-0.39, 0.29) is 17.2 Å². The Morgan fingerprint density at radius 1 is 1.28 bits per heavy atom. The van der Waals surface area contributed by atoms with E-state index in [1.165, 1.54) is 31.4 Å². The molecule has 2 aromatic rings. The Morgan fingerprint density at radius 2 is 2.06 bits per heavy atom. The second-order valence-corrected chi connectivity index (χ2v) is 7.47. The first-order valence-corrected chi connectivity index (χ1v) is 10.4. The van der Waals surface area contributed by atoms with E-state index < -0.39 is 11.6 Å². The molecule has 2 aromatic carbocycles. The van der Waals surface area contributed by atoms with E-state index in [0.717, 1.165) is 6.42 Å². The maximum atomic E-state index is 14.7. The van der Waals surface area contributed by atoms with Crippen molar-refractivity contribution in [3.05, 3.63) is 76.9 Å². The molecule has 1 atom stereocenters. The lowest BCUT2D eigenvalue weighted by atomic mass is 9.99. The minimum Gasteiger partial charge on any atom is -0.497 e. The Labute approximate surface area is 192 Å². The maximum Gasteiger partial charge on any atom is 0.207 e. The van der Waals surface area contributed by atoms with Crippen molar-refractivity contribution >= 4 is 29.5 Å². The predicted molar refractivity (Wildman–Crippen MR) is 125 cm³/mol. The second kappa shape index (κ2) is 12.6. The van der Waals surface area contributed by atoms with Gasteiger partial charge in [0.05, 0.1) is 12.7 Å². The van der Waals surface area contributed by atoms with Crippen LogP contribution in [0.3, 0.4) is 0 Å². The van der Waals surface area contributed by atoms with Crippen LogP contribution in [0.15, 0.2) is 48.6 Å². The Hall–Kier alpha value is -3.15. The number of carbonyl (C=O) groups excluding carboxylic acids is 1. The fourth-order valence-electron chi connectivity index (χ4n) is 3.05. The summed E-state index contributed by atoms with van der Waals surface area (Å²) in [6, 6.07) is 10.2. The zero-order valence-electron chi connectivity index (χ0n) is 17.6. The third kappa shape index (κ3) is 6.94. The van der Waals surface area contributed by atoms with Crippen LogP contribution in [0.1, 0.15) is 36.0 Å². The lowest BCUT2D eigenvalue weighted by molar-refractivity contribution is -0.109. The van der Waals surface area contributed by atoms with Gasteiger partial charge < -0.3 is 15.8 Å². The molecule has 2 rings (SSSR count). The molecule has 0 saturated carbocycles.